The maximum absolute atomic E-state index is 12.9. The number of amidine groups is 1. The van der Waals surface area contributed by atoms with Gasteiger partial charge in [-0.15, -0.1) is 0 Å². The molecule has 10 heteroatoms. The van der Waals surface area contributed by atoms with Gasteiger partial charge in [0.2, 0.25) is 0 Å². The van der Waals surface area contributed by atoms with E-state index in [0.29, 0.717) is 35.1 Å². The number of hydrogen-bond donors (Lipinski definition) is 2. The standard InChI is InChI=1S/C23H30N8O2/c1-14-19(31-13-18(29-30-31)15-7-17(33-6)12-26-10-15)8-16(11-27-14)22(32)28-21(25-5)9-20(24)23(2,3)4/h7-8,10-12,18,24H,9,13H2,1-6H3,(H,25,28,32). The lowest BCUT2D eigenvalue weighted by molar-refractivity contribution is 0.0976. The highest BCUT2D eigenvalue weighted by atomic mass is 16.5. The molecule has 1 atom stereocenters. The number of pyridine rings is 2. The molecule has 174 valence electrons. The van der Waals surface area contributed by atoms with Crippen molar-refractivity contribution in [3.63, 3.8) is 0 Å². The summed E-state index contributed by atoms with van der Waals surface area (Å²) in [4.78, 5) is 25.6. The minimum atomic E-state index is -0.337. The fraction of sp³-hybridized carbons (Fsp3) is 0.435. The maximum atomic E-state index is 12.9. The number of nitrogens with one attached hydrogen (secondary N) is 2. The first-order valence-electron chi connectivity index (χ1n) is 10.6. The van der Waals surface area contributed by atoms with Crippen molar-refractivity contribution in [1.82, 2.24) is 15.3 Å². The van der Waals surface area contributed by atoms with Gasteiger partial charge >= 0.3 is 0 Å². The summed E-state index contributed by atoms with van der Waals surface area (Å²) in [5, 5.41) is 21.4. The van der Waals surface area contributed by atoms with Crippen LogP contribution in [0.1, 0.15) is 54.8 Å². The van der Waals surface area contributed by atoms with E-state index in [0.717, 1.165) is 11.3 Å². The van der Waals surface area contributed by atoms with E-state index >= 15 is 0 Å². The monoisotopic (exact) mass is 450 g/mol. The van der Waals surface area contributed by atoms with Crippen molar-refractivity contribution in [2.24, 2.45) is 20.7 Å². The molecule has 0 bridgehead atoms. The average molecular weight is 451 g/mol. The number of nitrogens with zero attached hydrogens (tertiary/aromatic N) is 6. The number of rotatable bonds is 6. The highest BCUT2D eigenvalue weighted by Crippen LogP contribution is 2.31. The first-order valence-corrected chi connectivity index (χ1v) is 10.6. The normalized spacial score (nSPS) is 16.1. The molecule has 0 spiro atoms. The number of methoxy groups -OCH3 is 1. The Morgan fingerprint density at radius 3 is 2.73 bits per heavy atom. The first kappa shape index (κ1) is 24.0. The minimum absolute atomic E-state index is 0.202. The number of aliphatic imine (C=N–C) groups is 1. The van der Waals surface area contributed by atoms with Gasteiger partial charge in [0.05, 0.1) is 36.8 Å². The van der Waals surface area contributed by atoms with Gasteiger partial charge in [-0.25, -0.2) is 5.01 Å². The molecule has 2 N–H and O–H groups in total. The Bertz CT molecular complexity index is 1100. The fourth-order valence-electron chi connectivity index (χ4n) is 3.13. The number of aryl methyl sites for hydroxylation is 1. The average Bonchev–Trinajstić information content (AvgIpc) is 3.28. The second-order valence-corrected chi connectivity index (χ2v) is 8.82. The van der Waals surface area contributed by atoms with Crippen molar-refractivity contribution < 1.29 is 9.53 Å². The maximum Gasteiger partial charge on any atom is 0.258 e. The Hall–Kier alpha value is -3.69. The van der Waals surface area contributed by atoms with Crippen LogP contribution in [0.3, 0.4) is 0 Å². The summed E-state index contributed by atoms with van der Waals surface area (Å²) >= 11 is 0. The molecule has 10 nitrogen and oxygen atoms in total. The number of anilines is 1. The largest absolute Gasteiger partial charge is 0.495 e. The molecule has 2 aromatic heterocycles. The van der Waals surface area contributed by atoms with Crippen LogP contribution in [0, 0.1) is 17.7 Å². The van der Waals surface area contributed by atoms with Crippen LogP contribution in [-0.4, -0.2) is 48.1 Å². The summed E-state index contributed by atoms with van der Waals surface area (Å²) < 4.78 is 5.24. The third-order valence-electron chi connectivity index (χ3n) is 5.38. The zero-order chi connectivity index (χ0) is 24.2. The fourth-order valence-corrected chi connectivity index (χ4v) is 3.13. The predicted octanol–water partition coefficient (Wildman–Crippen LogP) is 3.94. The first-order chi connectivity index (χ1) is 15.6. The smallest absolute Gasteiger partial charge is 0.258 e. The molecule has 1 amide bonds. The number of ether oxygens (including phenoxy) is 1. The van der Waals surface area contributed by atoms with Gasteiger partial charge in [-0.05, 0) is 24.5 Å². The van der Waals surface area contributed by atoms with Crippen LogP contribution in [0.5, 0.6) is 5.75 Å². The molecule has 0 fully saturated rings. The van der Waals surface area contributed by atoms with Gasteiger partial charge in [0.1, 0.15) is 17.6 Å². The number of aromatic nitrogens is 2. The Morgan fingerprint density at radius 1 is 1.30 bits per heavy atom. The van der Waals surface area contributed by atoms with Crippen molar-refractivity contribution >= 4 is 23.1 Å². The van der Waals surface area contributed by atoms with E-state index in [1.807, 2.05) is 33.8 Å². The molecular formula is C23H30N8O2. The topological polar surface area (TPSA) is 128 Å². The number of carbonyl (C=O) groups is 1. The highest BCUT2D eigenvalue weighted by molar-refractivity contribution is 6.12. The van der Waals surface area contributed by atoms with Crippen LogP contribution >= 0.6 is 0 Å². The van der Waals surface area contributed by atoms with Gasteiger partial charge < -0.3 is 15.5 Å². The zero-order valence-electron chi connectivity index (χ0n) is 19.9. The summed E-state index contributed by atoms with van der Waals surface area (Å²) in [6.07, 6.45) is 5.17. The van der Waals surface area contributed by atoms with Crippen LogP contribution < -0.4 is 15.1 Å². The van der Waals surface area contributed by atoms with E-state index in [-0.39, 0.29) is 23.8 Å². The quantitative estimate of drug-likeness (QED) is 0.509. The lowest BCUT2D eigenvalue weighted by Gasteiger charge is -2.21. The molecule has 2 aromatic rings. The second kappa shape index (κ2) is 9.85. The molecule has 0 aromatic carbocycles. The van der Waals surface area contributed by atoms with Crippen LogP contribution in [0.2, 0.25) is 0 Å². The molecule has 0 saturated heterocycles. The molecular weight excluding hydrogens is 420 g/mol. The Balaban J connectivity index is 1.74. The van der Waals surface area contributed by atoms with Crippen molar-refractivity contribution in [3.8, 4) is 5.75 Å². The lowest BCUT2D eigenvalue weighted by atomic mass is 9.88. The van der Waals surface area contributed by atoms with E-state index in [2.05, 4.69) is 30.6 Å². The third-order valence-corrected chi connectivity index (χ3v) is 5.38. The number of amides is 1. The Labute approximate surface area is 193 Å². The summed E-state index contributed by atoms with van der Waals surface area (Å²) in [6.45, 7) is 8.23. The van der Waals surface area contributed by atoms with Crippen LogP contribution in [-0.2, 0) is 0 Å². The molecule has 33 heavy (non-hydrogen) atoms. The van der Waals surface area contributed by atoms with E-state index in [1.54, 1.807) is 37.6 Å². The SMILES string of the molecule is CN=C(CC(=N)C(C)(C)C)NC(=O)c1cnc(C)c(N2CC(c3cncc(OC)c3)N=N2)c1. The van der Waals surface area contributed by atoms with E-state index < -0.39 is 0 Å². The van der Waals surface area contributed by atoms with Gasteiger partial charge in [0.15, 0.2) is 0 Å². The van der Waals surface area contributed by atoms with Gasteiger partial charge in [-0.2, -0.15) is 5.11 Å². The highest BCUT2D eigenvalue weighted by Gasteiger charge is 2.26. The third kappa shape index (κ3) is 5.76. The number of hydrogen-bond acceptors (Lipinski definition) is 9. The molecule has 0 radical (unpaired) electrons. The van der Waals surface area contributed by atoms with Crippen molar-refractivity contribution in [2.45, 2.75) is 40.2 Å². The minimum Gasteiger partial charge on any atom is -0.495 e. The van der Waals surface area contributed by atoms with E-state index in [9.17, 15) is 4.79 Å². The van der Waals surface area contributed by atoms with E-state index in [4.69, 9.17) is 10.1 Å². The van der Waals surface area contributed by atoms with Crippen LogP contribution in [0.15, 0.2) is 46.1 Å². The van der Waals surface area contributed by atoms with Gasteiger partial charge in [0, 0.05) is 37.1 Å². The zero-order valence-corrected chi connectivity index (χ0v) is 19.9. The predicted molar refractivity (Wildman–Crippen MR) is 127 cm³/mol. The van der Waals surface area contributed by atoms with Gasteiger partial charge in [-0.3, -0.25) is 19.8 Å². The molecule has 0 saturated carbocycles. The lowest BCUT2D eigenvalue weighted by Crippen LogP contribution is -2.34. The van der Waals surface area contributed by atoms with Crippen molar-refractivity contribution in [1.29, 1.82) is 5.41 Å². The van der Waals surface area contributed by atoms with Crippen molar-refractivity contribution in [2.75, 3.05) is 25.7 Å². The molecule has 1 aliphatic heterocycles. The summed E-state index contributed by atoms with van der Waals surface area (Å²) in [7, 11) is 3.19. The second-order valence-electron chi connectivity index (χ2n) is 8.82. The van der Waals surface area contributed by atoms with Gasteiger partial charge in [-0.1, -0.05) is 26.0 Å². The summed E-state index contributed by atoms with van der Waals surface area (Å²) in [6, 6.07) is 3.42. The molecule has 3 rings (SSSR count). The summed E-state index contributed by atoms with van der Waals surface area (Å²) in [5.74, 6) is 0.759. The number of carbonyl (C=O) groups excluding carboxylic acids is 1. The van der Waals surface area contributed by atoms with Gasteiger partial charge in [0.25, 0.3) is 5.91 Å². The van der Waals surface area contributed by atoms with Crippen molar-refractivity contribution in [3.05, 3.63) is 47.5 Å². The summed E-state index contributed by atoms with van der Waals surface area (Å²) in [5.41, 5.74) is 2.89. The van der Waals surface area contributed by atoms with Crippen LogP contribution in [0.25, 0.3) is 0 Å². The van der Waals surface area contributed by atoms with Crippen LogP contribution in [0.4, 0.5) is 5.69 Å². The molecule has 0 aliphatic carbocycles. The van der Waals surface area contributed by atoms with E-state index in [1.165, 1.54) is 6.20 Å². The molecule has 1 unspecified atom stereocenters. The molecule has 1 aliphatic rings. The Kier molecular flexibility index (Phi) is 7.15. The Morgan fingerprint density at radius 2 is 2.06 bits per heavy atom. The molecule has 3 heterocycles.